The van der Waals surface area contributed by atoms with Crippen molar-refractivity contribution in [1.82, 2.24) is 0 Å². The van der Waals surface area contributed by atoms with Gasteiger partial charge in [-0.1, -0.05) is 47.0 Å². The topological polar surface area (TPSA) is 66.5 Å². The fourth-order valence-electron chi connectivity index (χ4n) is 2.75. The maximum absolute atomic E-state index is 12.5. The molecule has 0 atom stereocenters. The molecule has 0 heterocycles. The van der Waals surface area contributed by atoms with Gasteiger partial charge < -0.3 is 5.32 Å². The summed E-state index contributed by atoms with van der Waals surface area (Å²) in [7, 11) is -3.74. The van der Waals surface area contributed by atoms with Gasteiger partial charge in [0, 0.05) is 5.69 Å². The van der Waals surface area contributed by atoms with Crippen LogP contribution in [-0.2, 0) is 14.8 Å². The summed E-state index contributed by atoms with van der Waals surface area (Å²) < 4.78 is 25.4. The number of benzene rings is 2. The molecule has 1 N–H and O–H groups in total. The molecule has 0 aromatic heterocycles. The molecular weight excluding hydrogens is 395 g/mol. The van der Waals surface area contributed by atoms with Crippen molar-refractivity contribution < 1.29 is 13.2 Å². The van der Waals surface area contributed by atoms with Crippen LogP contribution in [0.5, 0.6) is 0 Å². The number of aryl methyl sites for hydroxylation is 3. The zero-order valence-electron chi connectivity index (χ0n) is 14.9. The standard InChI is InChI=1S/C18H20Cl2N2O3S/c1-11-8-12(2)18(13(3)9-11)21-16(23)10-22(26(4,24)25)15-7-5-6-14(19)17(15)20/h5-9H,10H2,1-4H3,(H,21,23). The molecule has 0 aliphatic rings. The number of hydrogen-bond acceptors (Lipinski definition) is 3. The number of carbonyl (C=O) groups excluding carboxylic acids is 1. The lowest BCUT2D eigenvalue weighted by atomic mass is 10.1. The van der Waals surface area contributed by atoms with Gasteiger partial charge in [0.05, 0.1) is 22.0 Å². The van der Waals surface area contributed by atoms with E-state index in [9.17, 15) is 13.2 Å². The summed E-state index contributed by atoms with van der Waals surface area (Å²) in [4.78, 5) is 12.5. The smallest absolute Gasteiger partial charge is 0.245 e. The second-order valence-electron chi connectivity index (χ2n) is 6.16. The van der Waals surface area contributed by atoms with Crippen LogP contribution in [0.1, 0.15) is 16.7 Å². The van der Waals surface area contributed by atoms with Gasteiger partial charge >= 0.3 is 0 Å². The van der Waals surface area contributed by atoms with E-state index in [2.05, 4.69) is 5.32 Å². The third-order valence-electron chi connectivity index (χ3n) is 3.83. The summed E-state index contributed by atoms with van der Waals surface area (Å²) in [6.07, 6.45) is 1.01. The lowest BCUT2D eigenvalue weighted by molar-refractivity contribution is -0.114. The van der Waals surface area contributed by atoms with Crippen LogP contribution in [-0.4, -0.2) is 27.1 Å². The molecule has 0 aliphatic carbocycles. The highest BCUT2D eigenvalue weighted by Gasteiger charge is 2.24. The Morgan fingerprint density at radius 2 is 1.69 bits per heavy atom. The van der Waals surface area contributed by atoms with Gasteiger partial charge in [-0.2, -0.15) is 0 Å². The van der Waals surface area contributed by atoms with E-state index < -0.39 is 22.5 Å². The molecule has 0 spiro atoms. The first-order valence-electron chi connectivity index (χ1n) is 7.80. The normalized spacial score (nSPS) is 11.3. The average Bonchev–Trinajstić information content (AvgIpc) is 2.50. The van der Waals surface area contributed by atoms with E-state index in [0.717, 1.165) is 27.3 Å². The molecule has 0 unspecified atom stereocenters. The van der Waals surface area contributed by atoms with Crippen LogP contribution in [0.15, 0.2) is 30.3 Å². The van der Waals surface area contributed by atoms with Crippen LogP contribution >= 0.6 is 23.2 Å². The van der Waals surface area contributed by atoms with Crippen LogP contribution in [0.2, 0.25) is 10.0 Å². The first-order chi connectivity index (χ1) is 12.0. The highest BCUT2D eigenvalue weighted by Crippen LogP contribution is 2.33. The maximum Gasteiger partial charge on any atom is 0.245 e. The number of nitrogens with one attached hydrogen (secondary N) is 1. The van der Waals surface area contributed by atoms with Gasteiger partial charge in [-0.3, -0.25) is 9.10 Å². The van der Waals surface area contributed by atoms with Gasteiger partial charge in [0.15, 0.2) is 0 Å². The molecule has 0 saturated carbocycles. The second kappa shape index (κ2) is 7.86. The molecule has 0 fully saturated rings. The van der Waals surface area contributed by atoms with Crippen LogP contribution in [0.25, 0.3) is 0 Å². The number of hydrogen-bond donors (Lipinski definition) is 1. The first kappa shape index (κ1) is 20.6. The molecule has 8 heteroatoms. The van der Waals surface area contributed by atoms with Gasteiger partial charge in [0.25, 0.3) is 0 Å². The van der Waals surface area contributed by atoms with Gasteiger partial charge in [0.2, 0.25) is 15.9 Å². The predicted molar refractivity (Wildman–Crippen MR) is 108 cm³/mol. The molecule has 1 amide bonds. The van der Waals surface area contributed by atoms with Crippen LogP contribution in [0, 0.1) is 20.8 Å². The summed E-state index contributed by atoms with van der Waals surface area (Å²) in [5.74, 6) is -0.471. The van der Waals surface area contributed by atoms with Crippen molar-refractivity contribution in [1.29, 1.82) is 0 Å². The third-order valence-corrected chi connectivity index (χ3v) is 5.76. The van der Waals surface area contributed by atoms with E-state index in [-0.39, 0.29) is 15.7 Å². The molecule has 5 nitrogen and oxygen atoms in total. The Bertz CT molecular complexity index is 936. The van der Waals surface area contributed by atoms with E-state index >= 15 is 0 Å². The number of sulfonamides is 1. The Morgan fingerprint density at radius 3 is 2.23 bits per heavy atom. The SMILES string of the molecule is Cc1cc(C)c(NC(=O)CN(c2cccc(Cl)c2Cl)S(C)(=O)=O)c(C)c1. The molecular formula is C18H20Cl2N2O3S. The van der Waals surface area contributed by atoms with Crippen molar-refractivity contribution in [3.8, 4) is 0 Å². The third kappa shape index (κ3) is 4.69. The fraction of sp³-hybridized carbons (Fsp3) is 0.278. The molecule has 140 valence electrons. The summed E-state index contributed by atoms with van der Waals surface area (Å²) >= 11 is 12.1. The number of amides is 1. The van der Waals surface area contributed by atoms with Gasteiger partial charge in [0.1, 0.15) is 6.54 Å². The molecule has 0 saturated heterocycles. The molecule has 2 rings (SSSR count). The largest absolute Gasteiger partial charge is 0.324 e. The molecule has 0 aliphatic heterocycles. The average molecular weight is 415 g/mol. The predicted octanol–water partition coefficient (Wildman–Crippen LogP) is 4.32. The quantitative estimate of drug-likeness (QED) is 0.791. The van der Waals surface area contributed by atoms with Crippen molar-refractivity contribution in [2.75, 3.05) is 22.4 Å². The minimum Gasteiger partial charge on any atom is -0.324 e. The summed E-state index contributed by atoms with van der Waals surface area (Å²) in [6.45, 7) is 5.33. The Kier molecular flexibility index (Phi) is 6.21. The highest BCUT2D eigenvalue weighted by atomic mass is 35.5. The summed E-state index contributed by atoms with van der Waals surface area (Å²) in [5, 5.41) is 3.08. The number of halogens is 2. The van der Waals surface area contributed by atoms with Gasteiger partial charge in [-0.25, -0.2) is 8.42 Å². The van der Waals surface area contributed by atoms with Crippen LogP contribution < -0.4 is 9.62 Å². The zero-order valence-corrected chi connectivity index (χ0v) is 17.3. The monoisotopic (exact) mass is 414 g/mol. The summed E-state index contributed by atoms with van der Waals surface area (Å²) in [6, 6.07) is 8.53. The maximum atomic E-state index is 12.5. The van der Waals surface area contributed by atoms with Crippen LogP contribution in [0.3, 0.4) is 0 Å². The van der Waals surface area contributed by atoms with Crippen molar-refractivity contribution in [2.24, 2.45) is 0 Å². The lowest BCUT2D eigenvalue weighted by Gasteiger charge is -2.23. The second-order valence-corrected chi connectivity index (χ2v) is 8.86. The van der Waals surface area contributed by atoms with E-state index in [1.165, 1.54) is 6.07 Å². The molecule has 26 heavy (non-hydrogen) atoms. The van der Waals surface area contributed by atoms with E-state index in [1.54, 1.807) is 12.1 Å². The summed E-state index contributed by atoms with van der Waals surface area (Å²) in [5.41, 5.74) is 3.73. The first-order valence-corrected chi connectivity index (χ1v) is 10.4. The number of nitrogens with zero attached hydrogens (tertiary/aromatic N) is 1. The Hall–Kier alpha value is -1.76. The molecule has 0 radical (unpaired) electrons. The Morgan fingerprint density at radius 1 is 1.12 bits per heavy atom. The Labute approximate surface area is 164 Å². The minimum absolute atomic E-state index is 0.0788. The number of carbonyl (C=O) groups is 1. The zero-order chi connectivity index (χ0) is 19.6. The fourth-order valence-corrected chi connectivity index (χ4v) is 4.06. The van der Waals surface area contributed by atoms with Crippen molar-refractivity contribution in [3.05, 3.63) is 57.1 Å². The molecule has 2 aromatic carbocycles. The number of anilines is 2. The molecule has 0 bridgehead atoms. The van der Waals surface area contributed by atoms with Gasteiger partial charge in [-0.15, -0.1) is 0 Å². The lowest BCUT2D eigenvalue weighted by Crippen LogP contribution is -2.37. The van der Waals surface area contributed by atoms with Gasteiger partial charge in [-0.05, 0) is 44.0 Å². The van der Waals surface area contributed by atoms with Crippen LogP contribution in [0.4, 0.5) is 11.4 Å². The van der Waals surface area contributed by atoms with Crippen molar-refractivity contribution in [2.45, 2.75) is 20.8 Å². The number of rotatable bonds is 5. The van der Waals surface area contributed by atoms with E-state index in [1.807, 2.05) is 32.9 Å². The molecule has 2 aromatic rings. The van der Waals surface area contributed by atoms with Crippen molar-refractivity contribution in [3.63, 3.8) is 0 Å². The highest BCUT2D eigenvalue weighted by molar-refractivity contribution is 7.92. The Balaban J connectivity index is 2.33. The van der Waals surface area contributed by atoms with E-state index in [0.29, 0.717) is 5.69 Å². The minimum atomic E-state index is -3.74. The van der Waals surface area contributed by atoms with E-state index in [4.69, 9.17) is 23.2 Å². The van der Waals surface area contributed by atoms with Crippen molar-refractivity contribution >= 4 is 50.5 Å².